The van der Waals surface area contributed by atoms with Crippen LogP contribution in [0.3, 0.4) is 0 Å². The fourth-order valence-electron chi connectivity index (χ4n) is 6.32. The number of H-pyrrole nitrogens is 1. The van der Waals surface area contributed by atoms with Crippen molar-refractivity contribution in [2.24, 2.45) is 0 Å². The number of likely N-dealkylation sites (tertiary alicyclic amines) is 1. The number of piperidine rings is 1. The van der Waals surface area contributed by atoms with Crippen molar-refractivity contribution in [2.75, 3.05) is 19.6 Å². The fourth-order valence-corrected chi connectivity index (χ4v) is 6.32. The van der Waals surface area contributed by atoms with E-state index < -0.39 is 11.6 Å². The van der Waals surface area contributed by atoms with Gasteiger partial charge in [-0.25, -0.2) is 0 Å². The number of aromatic amines is 1. The lowest BCUT2D eigenvalue weighted by Gasteiger charge is -2.51. The summed E-state index contributed by atoms with van der Waals surface area (Å²) in [4.78, 5) is 35.7. The molecule has 0 saturated carbocycles. The van der Waals surface area contributed by atoms with E-state index in [0.717, 1.165) is 54.5 Å². The van der Waals surface area contributed by atoms with Gasteiger partial charge in [-0.2, -0.15) is 0 Å². The van der Waals surface area contributed by atoms with Crippen LogP contribution in [0.15, 0.2) is 91.1 Å². The van der Waals surface area contributed by atoms with E-state index in [4.69, 9.17) is 0 Å². The number of rotatable bonds is 8. The van der Waals surface area contributed by atoms with Crippen molar-refractivity contribution in [1.29, 1.82) is 0 Å². The molecule has 6 heteroatoms. The van der Waals surface area contributed by atoms with Crippen LogP contribution in [0.1, 0.15) is 36.0 Å². The van der Waals surface area contributed by atoms with Gasteiger partial charge in [0, 0.05) is 43.2 Å². The van der Waals surface area contributed by atoms with Crippen LogP contribution in [0, 0.1) is 0 Å². The number of nitrogens with zero attached hydrogens (tertiary/aromatic N) is 2. The molecule has 6 rings (SSSR count). The molecule has 1 atom stereocenters. The second kappa shape index (κ2) is 11.1. The first-order chi connectivity index (χ1) is 19.1. The number of nitrogens with one attached hydrogen (secondary N) is 2. The highest BCUT2D eigenvalue weighted by atomic mass is 16.2. The Morgan fingerprint density at radius 3 is 2.23 bits per heavy atom. The lowest BCUT2D eigenvalue weighted by Crippen LogP contribution is -2.72. The zero-order valence-electron chi connectivity index (χ0n) is 22.3. The van der Waals surface area contributed by atoms with Crippen LogP contribution in [-0.2, 0) is 29.0 Å². The molecule has 200 valence electrons. The van der Waals surface area contributed by atoms with Crippen LogP contribution in [0.5, 0.6) is 0 Å². The zero-order valence-corrected chi connectivity index (χ0v) is 22.3. The second-order valence-electron chi connectivity index (χ2n) is 11.0. The van der Waals surface area contributed by atoms with Gasteiger partial charge in [-0.1, -0.05) is 78.9 Å². The maximum Gasteiger partial charge on any atom is 0.246 e. The van der Waals surface area contributed by atoms with Crippen LogP contribution in [-0.4, -0.2) is 57.8 Å². The summed E-state index contributed by atoms with van der Waals surface area (Å²) < 4.78 is 0. The molecule has 2 saturated heterocycles. The molecule has 39 heavy (non-hydrogen) atoms. The monoisotopic (exact) mass is 520 g/mol. The molecule has 0 bridgehead atoms. The number of benzene rings is 3. The first kappa shape index (κ1) is 25.4. The first-order valence-electron chi connectivity index (χ1n) is 14.1. The maximum absolute atomic E-state index is 14.1. The summed E-state index contributed by atoms with van der Waals surface area (Å²) in [5, 5.41) is 4.26. The standard InChI is InChI=1S/C33H36N4O2/c38-31-30(22-27-23-34-29-16-8-7-15-28(27)29)35-32(39)33(37(31)24-26-12-5-2-6-13-26)17-20-36(21-18-33)19-9-14-25-10-3-1-4-11-25/h1-8,10-13,15-16,23,30,34H,9,14,17-22,24H2,(H,35,39). The third kappa shape index (κ3) is 5.21. The molecule has 2 N–H and O–H groups in total. The minimum Gasteiger partial charge on any atom is -0.361 e. The Hall–Kier alpha value is -3.90. The van der Waals surface area contributed by atoms with Crippen LogP contribution >= 0.6 is 0 Å². The molecule has 2 amide bonds. The Labute approximate surface area is 230 Å². The highest BCUT2D eigenvalue weighted by Gasteiger charge is 2.53. The van der Waals surface area contributed by atoms with Crippen molar-refractivity contribution in [2.45, 2.75) is 50.2 Å². The van der Waals surface area contributed by atoms with Gasteiger partial charge in [0.15, 0.2) is 0 Å². The van der Waals surface area contributed by atoms with E-state index in [0.29, 0.717) is 25.8 Å². The summed E-state index contributed by atoms with van der Waals surface area (Å²) in [7, 11) is 0. The molecule has 3 aromatic carbocycles. The van der Waals surface area contributed by atoms with Gasteiger partial charge < -0.3 is 20.1 Å². The summed E-state index contributed by atoms with van der Waals surface area (Å²) in [5.74, 6) is 0.00747. The maximum atomic E-state index is 14.1. The molecular formula is C33H36N4O2. The van der Waals surface area contributed by atoms with Crippen molar-refractivity contribution in [1.82, 2.24) is 20.1 Å². The van der Waals surface area contributed by atoms with Crippen molar-refractivity contribution < 1.29 is 9.59 Å². The average molecular weight is 521 g/mol. The number of hydrogen-bond donors (Lipinski definition) is 2. The topological polar surface area (TPSA) is 68.4 Å². The number of piperazine rings is 1. The van der Waals surface area contributed by atoms with Crippen molar-refractivity contribution in [3.05, 3.63) is 108 Å². The molecular weight excluding hydrogens is 484 g/mol. The lowest BCUT2D eigenvalue weighted by molar-refractivity contribution is -0.162. The SMILES string of the molecule is O=C1C(Cc2c[nH]c3ccccc23)NC(=O)C2(CCN(CCCc3ccccc3)CC2)N1Cc1ccccc1. The van der Waals surface area contributed by atoms with Crippen molar-refractivity contribution >= 4 is 22.7 Å². The lowest BCUT2D eigenvalue weighted by atomic mass is 9.80. The summed E-state index contributed by atoms with van der Waals surface area (Å²) in [6, 6.07) is 28.2. The van der Waals surface area contributed by atoms with E-state index in [-0.39, 0.29) is 11.8 Å². The molecule has 1 aromatic heterocycles. The smallest absolute Gasteiger partial charge is 0.246 e. The van der Waals surface area contributed by atoms with E-state index in [1.165, 1.54) is 5.56 Å². The van der Waals surface area contributed by atoms with Crippen LogP contribution in [0.25, 0.3) is 10.9 Å². The molecule has 0 radical (unpaired) electrons. The van der Waals surface area contributed by atoms with Gasteiger partial charge in [0.2, 0.25) is 11.8 Å². The predicted octanol–water partition coefficient (Wildman–Crippen LogP) is 4.71. The van der Waals surface area contributed by atoms with E-state index in [1.807, 2.05) is 59.6 Å². The number of carbonyl (C=O) groups excluding carboxylic acids is 2. The number of aromatic nitrogens is 1. The van der Waals surface area contributed by atoms with E-state index >= 15 is 0 Å². The number of fused-ring (bicyclic) bond motifs is 1. The van der Waals surface area contributed by atoms with Crippen molar-refractivity contribution in [3.63, 3.8) is 0 Å². The molecule has 2 aliphatic heterocycles. The molecule has 6 nitrogen and oxygen atoms in total. The van der Waals surface area contributed by atoms with E-state index in [2.05, 4.69) is 51.6 Å². The number of para-hydroxylation sites is 1. The average Bonchev–Trinajstić information content (AvgIpc) is 3.39. The van der Waals surface area contributed by atoms with Crippen LogP contribution in [0.4, 0.5) is 0 Å². The fraction of sp³-hybridized carbons (Fsp3) is 0.333. The number of carbonyl (C=O) groups is 2. The van der Waals surface area contributed by atoms with Crippen LogP contribution in [0.2, 0.25) is 0 Å². The minimum atomic E-state index is -0.806. The summed E-state index contributed by atoms with van der Waals surface area (Å²) >= 11 is 0. The van der Waals surface area contributed by atoms with E-state index in [1.54, 1.807) is 0 Å². The molecule has 2 aliphatic rings. The Bertz CT molecular complexity index is 1420. The first-order valence-corrected chi connectivity index (χ1v) is 14.1. The molecule has 1 unspecified atom stereocenters. The van der Waals surface area contributed by atoms with Gasteiger partial charge in [-0.3, -0.25) is 9.59 Å². The third-order valence-electron chi connectivity index (χ3n) is 8.56. The van der Waals surface area contributed by atoms with Gasteiger partial charge in [-0.05, 0) is 55.0 Å². The molecule has 2 fully saturated rings. The third-order valence-corrected chi connectivity index (χ3v) is 8.56. The van der Waals surface area contributed by atoms with Crippen molar-refractivity contribution in [3.8, 4) is 0 Å². The number of hydrogen-bond acceptors (Lipinski definition) is 3. The highest BCUT2D eigenvalue weighted by molar-refractivity contribution is 6.00. The van der Waals surface area contributed by atoms with Gasteiger partial charge in [0.1, 0.15) is 11.6 Å². The van der Waals surface area contributed by atoms with Gasteiger partial charge in [0.25, 0.3) is 0 Å². The largest absolute Gasteiger partial charge is 0.361 e. The van der Waals surface area contributed by atoms with Gasteiger partial charge >= 0.3 is 0 Å². The molecule has 1 spiro atoms. The Balaban J connectivity index is 1.18. The number of aryl methyl sites for hydroxylation is 1. The summed E-state index contributed by atoms with van der Waals surface area (Å²) in [5.41, 5.74) is 3.70. The normalized spacial score (nSPS) is 19.5. The highest BCUT2D eigenvalue weighted by Crippen LogP contribution is 2.35. The Kier molecular flexibility index (Phi) is 7.20. The van der Waals surface area contributed by atoms with Crippen LogP contribution < -0.4 is 5.32 Å². The Morgan fingerprint density at radius 2 is 1.49 bits per heavy atom. The van der Waals surface area contributed by atoms with E-state index in [9.17, 15) is 9.59 Å². The van der Waals surface area contributed by atoms with Gasteiger partial charge in [0.05, 0.1) is 0 Å². The quantitative estimate of drug-likeness (QED) is 0.354. The zero-order chi connectivity index (χ0) is 26.7. The Morgan fingerprint density at radius 1 is 0.821 bits per heavy atom. The minimum absolute atomic E-state index is 0.00759. The predicted molar refractivity (Wildman–Crippen MR) is 154 cm³/mol. The van der Waals surface area contributed by atoms with Gasteiger partial charge in [-0.15, -0.1) is 0 Å². The summed E-state index contributed by atoms with van der Waals surface area (Å²) in [6.45, 7) is 3.08. The second-order valence-corrected chi connectivity index (χ2v) is 11.0. The molecule has 0 aliphatic carbocycles. The number of amides is 2. The molecule has 3 heterocycles. The molecule has 4 aromatic rings. The summed E-state index contributed by atoms with van der Waals surface area (Å²) in [6.07, 6.45) is 5.89.